The van der Waals surface area contributed by atoms with Gasteiger partial charge in [-0.25, -0.2) is 0 Å². The lowest BCUT2D eigenvalue weighted by atomic mass is 10.0. The molecule has 0 bridgehead atoms. The molecule has 1 unspecified atom stereocenters. The van der Waals surface area contributed by atoms with Crippen LogP contribution in [0.1, 0.15) is 50.0 Å². The van der Waals surface area contributed by atoms with Gasteiger partial charge in [0.2, 0.25) is 0 Å². The number of nitrogens with zero attached hydrogens (tertiary/aromatic N) is 2. The van der Waals surface area contributed by atoms with Gasteiger partial charge in [-0.05, 0) is 40.7 Å². The maximum Gasteiger partial charge on any atom is 0.372 e. The average molecular weight is 460 g/mol. The number of benzene rings is 1. The SMILES string of the molecule is CCOP(=O)(OCC)C1(P(=O)(OCC)OCC)CC(C(=O)c2cccc(C)c2)N=N1. The molecule has 1 aromatic carbocycles. The zero-order valence-corrected chi connectivity index (χ0v) is 19.9. The van der Waals surface area contributed by atoms with E-state index in [1.807, 2.05) is 13.0 Å². The Morgan fingerprint density at radius 1 is 1.00 bits per heavy atom. The minimum Gasteiger partial charge on any atom is -0.307 e. The Kier molecular flexibility index (Phi) is 8.69. The third-order valence-corrected chi connectivity index (χ3v) is 10.7. The van der Waals surface area contributed by atoms with E-state index < -0.39 is 26.3 Å². The summed E-state index contributed by atoms with van der Waals surface area (Å²) in [6.45, 7) is 8.47. The van der Waals surface area contributed by atoms with Crippen LogP contribution in [0.15, 0.2) is 34.5 Å². The number of rotatable bonds is 12. The monoisotopic (exact) mass is 460 g/mol. The smallest absolute Gasteiger partial charge is 0.307 e. The van der Waals surface area contributed by atoms with E-state index in [4.69, 9.17) is 18.1 Å². The molecule has 0 aliphatic carbocycles. The van der Waals surface area contributed by atoms with Crippen LogP contribution in [0.25, 0.3) is 0 Å². The van der Waals surface area contributed by atoms with Gasteiger partial charge in [-0.3, -0.25) is 13.9 Å². The van der Waals surface area contributed by atoms with E-state index in [0.717, 1.165) is 5.56 Å². The van der Waals surface area contributed by atoms with Crippen molar-refractivity contribution in [2.45, 2.75) is 52.1 Å². The molecule has 0 aromatic heterocycles. The highest BCUT2D eigenvalue weighted by Gasteiger charge is 2.69. The van der Waals surface area contributed by atoms with Crippen molar-refractivity contribution in [3.8, 4) is 0 Å². The van der Waals surface area contributed by atoms with Crippen LogP contribution in [-0.2, 0) is 27.2 Å². The topological polar surface area (TPSA) is 113 Å². The Hall–Kier alpha value is -1.21. The number of carbonyl (C=O) groups excluding carboxylic acids is 1. The number of Topliss-reactive ketones (excluding diaryl/α,β-unsaturated/α-hetero) is 1. The van der Waals surface area contributed by atoms with Crippen LogP contribution in [0.3, 0.4) is 0 Å². The fourth-order valence-corrected chi connectivity index (χ4v) is 8.63. The second kappa shape index (κ2) is 10.4. The van der Waals surface area contributed by atoms with Gasteiger partial charge >= 0.3 is 15.2 Å². The molecule has 11 heteroatoms. The molecule has 30 heavy (non-hydrogen) atoms. The number of hydrogen-bond donors (Lipinski definition) is 0. The van der Waals surface area contributed by atoms with Gasteiger partial charge in [-0.1, -0.05) is 23.8 Å². The van der Waals surface area contributed by atoms with Crippen LogP contribution < -0.4 is 0 Å². The van der Waals surface area contributed by atoms with Gasteiger partial charge in [0.15, 0.2) is 5.78 Å². The van der Waals surface area contributed by atoms with E-state index in [2.05, 4.69) is 10.2 Å². The lowest BCUT2D eigenvalue weighted by molar-refractivity contribution is 0.0960. The van der Waals surface area contributed by atoms with Crippen LogP contribution in [-0.4, -0.2) is 43.3 Å². The molecule has 1 heterocycles. The molecular weight excluding hydrogens is 430 g/mol. The highest BCUT2D eigenvalue weighted by Crippen LogP contribution is 2.81. The Labute approximate surface area is 177 Å². The molecule has 1 atom stereocenters. The quantitative estimate of drug-likeness (QED) is 0.295. The van der Waals surface area contributed by atoms with Crippen molar-refractivity contribution < 1.29 is 32.0 Å². The first-order chi connectivity index (χ1) is 14.2. The van der Waals surface area contributed by atoms with Crippen LogP contribution in [0.4, 0.5) is 0 Å². The highest BCUT2D eigenvalue weighted by molar-refractivity contribution is 7.74. The normalized spacial score (nSPS) is 18.6. The van der Waals surface area contributed by atoms with E-state index in [-0.39, 0.29) is 38.6 Å². The van der Waals surface area contributed by atoms with Crippen molar-refractivity contribution in [2.75, 3.05) is 26.4 Å². The molecule has 0 radical (unpaired) electrons. The molecule has 1 aromatic rings. The van der Waals surface area contributed by atoms with Crippen molar-refractivity contribution in [2.24, 2.45) is 10.2 Å². The molecule has 0 spiro atoms. The second-order valence-electron chi connectivity index (χ2n) is 6.61. The highest BCUT2D eigenvalue weighted by atomic mass is 31.2. The molecule has 9 nitrogen and oxygen atoms in total. The Morgan fingerprint density at radius 3 is 1.93 bits per heavy atom. The van der Waals surface area contributed by atoms with Gasteiger partial charge in [0, 0.05) is 12.0 Å². The minimum absolute atomic E-state index is 0.0172. The first kappa shape index (κ1) is 25.1. The summed E-state index contributed by atoms with van der Waals surface area (Å²) in [7, 11) is -8.37. The van der Waals surface area contributed by atoms with Crippen molar-refractivity contribution in [3.05, 3.63) is 35.4 Å². The summed E-state index contributed by atoms with van der Waals surface area (Å²) in [6.07, 6.45) is -0.270. The summed E-state index contributed by atoms with van der Waals surface area (Å²) in [4.78, 5) is 13.1. The summed E-state index contributed by atoms with van der Waals surface area (Å²) in [5, 5.41) is 6.13. The maximum absolute atomic E-state index is 13.9. The summed E-state index contributed by atoms with van der Waals surface area (Å²) < 4.78 is 49.6. The van der Waals surface area contributed by atoms with Crippen LogP contribution in [0.2, 0.25) is 0 Å². The average Bonchev–Trinajstić information content (AvgIpc) is 3.16. The third kappa shape index (κ3) is 4.67. The van der Waals surface area contributed by atoms with Crippen LogP contribution in [0, 0.1) is 6.92 Å². The summed E-state index contributed by atoms with van der Waals surface area (Å²) >= 11 is 0. The summed E-state index contributed by atoms with van der Waals surface area (Å²) in [5.41, 5.74) is 1.34. The molecule has 0 fully saturated rings. The molecule has 168 valence electrons. The number of ketones is 1. The van der Waals surface area contributed by atoms with Crippen molar-refractivity contribution in [3.63, 3.8) is 0 Å². The number of hydrogen-bond acceptors (Lipinski definition) is 9. The summed E-state index contributed by atoms with van der Waals surface area (Å²) in [6, 6.07) is 6.01. The molecule has 1 aliphatic heterocycles. The molecule has 1 aliphatic rings. The van der Waals surface area contributed by atoms with Gasteiger partial charge in [0.05, 0.1) is 26.4 Å². The van der Waals surface area contributed by atoms with Crippen LogP contribution >= 0.6 is 15.2 Å². The number of carbonyl (C=O) groups is 1. The second-order valence-corrected chi connectivity index (χ2v) is 11.5. The Morgan fingerprint density at radius 2 is 1.50 bits per heavy atom. The van der Waals surface area contributed by atoms with Crippen LogP contribution in [0.5, 0.6) is 0 Å². The molecule has 0 saturated heterocycles. The van der Waals surface area contributed by atoms with E-state index in [1.165, 1.54) is 0 Å². The first-order valence-corrected chi connectivity index (χ1v) is 13.1. The number of aryl methyl sites for hydroxylation is 1. The predicted molar refractivity (Wildman–Crippen MR) is 113 cm³/mol. The molecule has 0 amide bonds. The zero-order chi connectivity index (χ0) is 22.4. The molecule has 2 rings (SSSR count). The lowest BCUT2D eigenvalue weighted by Crippen LogP contribution is -2.33. The van der Waals surface area contributed by atoms with Crippen molar-refractivity contribution >= 4 is 21.0 Å². The molecule has 0 N–H and O–H groups in total. The van der Waals surface area contributed by atoms with Gasteiger partial charge in [0.25, 0.3) is 5.02 Å². The van der Waals surface area contributed by atoms with Gasteiger partial charge in [-0.2, -0.15) is 10.2 Å². The van der Waals surface area contributed by atoms with E-state index in [9.17, 15) is 13.9 Å². The van der Waals surface area contributed by atoms with Gasteiger partial charge in [0.1, 0.15) is 6.04 Å². The zero-order valence-electron chi connectivity index (χ0n) is 18.1. The maximum atomic E-state index is 13.9. The third-order valence-electron chi connectivity index (χ3n) is 4.50. The lowest BCUT2D eigenvalue weighted by Gasteiger charge is -2.36. The first-order valence-electron chi connectivity index (χ1n) is 10.0. The molecular formula is C19H30N2O7P2. The Bertz CT molecular complexity index is 824. The van der Waals surface area contributed by atoms with Gasteiger partial charge < -0.3 is 18.1 Å². The molecule has 0 saturated carbocycles. The fraction of sp³-hybridized carbons (Fsp3) is 0.632. The summed E-state index contributed by atoms with van der Waals surface area (Å²) in [5.74, 6) is -0.330. The van der Waals surface area contributed by atoms with Crippen molar-refractivity contribution in [1.82, 2.24) is 0 Å². The minimum atomic E-state index is -4.18. The number of azo groups is 1. The van der Waals surface area contributed by atoms with E-state index in [1.54, 1.807) is 45.9 Å². The standard InChI is InChI=1S/C19H30N2O7P2/c1-6-25-29(23,26-7-2)19(30(24,27-8-3)28-9-4)14-17(20-21-19)18(22)16-12-10-11-15(5)13-16/h10-13,17H,6-9,14H2,1-5H3. The largest absolute Gasteiger partial charge is 0.372 e. The Balaban J connectivity index is 2.56. The van der Waals surface area contributed by atoms with E-state index >= 15 is 0 Å². The van der Waals surface area contributed by atoms with E-state index in [0.29, 0.717) is 5.56 Å². The fourth-order valence-electron chi connectivity index (χ4n) is 3.29. The van der Waals surface area contributed by atoms with Crippen molar-refractivity contribution in [1.29, 1.82) is 0 Å². The predicted octanol–water partition coefficient (Wildman–Crippen LogP) is 5.59. The van der Waals surface area contributed by atoms with Gasteiger partial charge in [-0.15, -0.1) is 0 Å².